The molecule has 8 heteroatoms. The summed E-state index contributed by atoms with van der Waals surface area (Å²) in [4.78, 5) is 39.8. The molecule has 0 aromatic heterocycles. The van der Waals surface area contributed by atoms with E-state index in [1.165, 1.54) is 4.90 Å². The van der Waals surface area contributed by atoms with E-state index in [4.69, 9.17) is 0 Å². The van der Waals surface area contributed by atoms with Gasteiger partial charge in [-0.2, -0.15) is 0 Å². The van der Waals surface area contributed by atoms with Gasteiger partial charge >= 0.3 is 0 Å². The molecule has 1 saturated heterocycles. The van der Waals surface area contributed by atoms with Gasteiger partial charge in [0.2, 0.25) is 5.91 Å². The maximum absolute atomic E-state index is 12.5. The molecule has 7 nitrogen and oxygen atoms in total. The van der Waals surface area contributed by atoms with E-state index in [1.54, 1.807) is 29.2 Å². The van der Waals surface area contributed by atoms with Gasteiger partial charge in [-0.05, 0) is 31.9 Å². The minimum atomic E-state index is -3.05. The highest BCUT2D eigenvalue weighted by Gasteiger charge is 2.36. The molecule has 2 aliphatic heterocycles. The molecule has 0 radical (unpaired) electrons. The fraction of sp³-hybridized carbons (Fsp3) is 0.500. The lowest BCUT2D eigenvalue weighted by molar-refractivity contribution is -0.133. The molecule has 1 atom stereocenters. The standard InChI is InChI=1S/C18H22N2O5S/c1-2-19(13-9-11-26(24,25)12-13)16(21)8-5-10-20-17(22)14-6-3-4-7-15(14)18(20)23/h3-4,6-7,13H,2,5,8-12H2,1H3. The van der Waals surface area contributed by atoms with Gasteiger partial charge < -0.3 is 4.90 Å². The Hall–Kier alpha value is -2.22. The van der Waals surface area contributed by atoms with E-state index in [0.29, 0.717) is 30.5 Å². The van der Waals surface area contributed by atoms with E-state index in [9.17, 15) is 22.8 Å². The number of fused-ring (bicyclic) bond motifs is 1. The van der Waals surface area contributed by atoms with Crippen molar-refractivity contribution in [1.82, 2.24) is 9.80 Å². The fourth-order valence-electron chi connectivity index (χ4n) is 3.63. The van der Waals surface area contributed by atoms with E-state index >= 15 is 0 Å². The van der Waals surface area contributed by atoms with Crippen molar-refractivity contribution in [1.29, 1.82) is 0 Å². The van der Waals surface area contributed by atoms with E-state index in [-0.39, 0.29) is 48.2 Å². The summed E-state index contributed by atoms with van der Waals surface area (Å²) in [6.07, 6.45) is 1.01. The average molecular weight is 378 g/mol. The van der Waals surface area contributed by atoms with Crippen molar-refractivity contribution in [3.8, 4) is 0 Å². The Balaban J connectivity index is 1.56. The molecular weight excluding hydrogens is 356 g/mol. The Morgan fingerprint density at radius 3 is 2.31 bits per heavy atom. The molecule has 140 valence electrons. The van der Waals surface area contributed by atoms with Crippen molar-refractivity contribution in [3.63, 3.8) is 0 Å². The molecule has 3 amide bonds. The van der Waals surface area contributed by atoms with Crippen LogP contribution < -0.4 is 0 Å². The normalized spacial score (nSPS) is 21.1. The first-order chi connectivity index (χ1) is 12.3. The predicted octanol–water partition coefficient (Wildman–Crippen LogP) is 1.10. The molecule has 3 rings (SSSR count). The number of sulfone groups is 1. The topological polar surface area (TPSA) is 91.8 Å². The molecule has 0 N–H and O–H groups in total. The molecule has 0 spiro atoms. The molecule has 1 unspecified atom stereocenters. The first-order valence-corrected chi connectivity index (χ1v) is 10.6. The quantitative estimate of drug-likeness (QED) is 0.691. The molecule has 2 heterocycles. The summed E-state index contributed by atoms with van der Waals surface area (Å²) in [6, 6.07) is 6.41. The number of nitrogens with zero attached hydrogens (tertiary/aromatic N) is 2. The van der Waals surface area contributed by atoms with Gasteiger partial charge in [-0.15, -0.1) is 0 Å². The second kappa shape index (κ2) is 7.19. The SMILES string of the molecule is CCN(C(=O)CCCN1C(=O)c2ccccc2C1=O)C1CCS(=O)(=O)C1. The molecule has 1 fully saturated rings. The number of carbonyl (C=O) groups excluding carboxylic acids is 3. The fourth-order valence-corrected chi connectivity index (χ4v) is 5.36. The van der Waals surface area contributed by atoms with Gasteiger partial charge in [-0.25, -0.2) is 8.42 Å². The number of rotatable bonds is 6. The minimum absolute atomic E-state index is 0.0188. The second-order valence-electron chi connectivity index (χ2n) is 6.65. The van der Waals surface area contributed by atoms with Crippen LogP contribution in [-0.2, 0) is 14.6 Å². The number of hydrogen-bond donors (Lipinski definition) is 0. The smallest absolute Gasteiger partial charge is 0.261 e. The third-order valence-corrected chi connectivity index (χ3v) is 6.71. The molecule has 0 aliphatic carbocycles. The maximum atomic E-state index is 12.5. The van der Waals surface area contributed by atoms with Crippen molar-refractivity contribution < 1.29 is 22.8 Å². The van der Waals surface area contributed by atoms with E-state index in [1.807, 2.05) is 6.92 Å². The van der Waals surface area contributed by atoms with Crippen LogP contribution in [0.4, 0.5) is 0 Å². The van der Waals surface area contributed by atoms with Gasteiger partial charge in [-0.3, -0.25) is 19.3 Å². The van der Waals surface area contributed by atoms with Crippen LogP contribution in [0.3, 0.4) is 0 Å². The molecule has 1 aromatic carbocycles. The molecular formula is C18H22N2O5S. The third-order valence-electron chi connectivity index (χ3n) is 4.96. The van der Waals surface area contributed by atoms with Gasteiger partial charge in [0.25, 0.3) is 11.8 Å². The minimum Gasteiger partial charge on any atom is -0.339 e. The highest BCUT2D eigenvalue weighted by Crippen LogP contribution is 2.23. The summed E-state index contributed by atoms with van der Waals surface area (Å²) < 4.78 is 23.3. The highest BCUT2D eigenvalue weighted by atomic mass is 32.2. The zero-order valence-corrected chi connectivity index (χ0v) is 15.5. The van der Waals surface area contributed by atoms with Crippen molar-refractivity contribution in [3.05, 3.63) is 35.4 Å². The monoisotopic (exact) mass is 378 g/mol. The van der Waals surface area contributed by atoms with E-state index in [2.05, 4.69) is 0 Å². The van der Waals surface area contributed by atoms with Crippen LogP contribution in [0.2, 0.25) is 0 Å². The summed E-state index contributed by atoms with van der Waals surface area (Å²) in [5.41, 5.74) is 0.797. The van der Waals surface area contributed by atoms with Gasteiger partial charge in [-0.1, -0.05) is 12.1 Å². The number of imide groups is 1. The first-order valence-electron chi connectivity index (χ1n) is 8.79. The largest absolute Gasteiger partial charge is 0.339 e. The van der Waals surface area contributed by atoms with Gasteiger partial charge in [0.15, 0.2) is 9.84 Å². The Labute approximate surface area is 152 Å². The molecule has 26 heavy (non-hydrogen) atoms. The summed E-state index contributed by atoms with van der Waals surface area (Å²) in [7, 11) is -3.05. The van der Waals surface area contributed by atoms with Crippen molar-refractivity contribution in [2.75, 3.05) is 24.6 Å². The van der Waals surface area contributed by atoms with Crippen molar-refractivity contribution >= 4 is 27.6 Å². The van der Waals surface area contributed by atoms with Crippen LogP contribution in [0, 0.1) is 0 Å². The molecule has 0 saturated carbocycles. The zero-order chi connectivity index (χ0) is 18.9. The van der Waals surface area contributed by atoms with Crippen molar-refractivity contribution in [2.45, 2.75) is 32.2 Å². The van der Waals surface area contributed by atoms with Crippen LogP contribution in [0.1, 0.15) is 46.9 Å². The Bertz CT molecular complexity index is 814. The Kier molecular flexibility index (Phi) is 5.13. The lowest BCUT2D eigenvalue weighted by Gasteiger charge is -2.27. The number of carbonyl (C=O) groups is 3. The van der Waals surface area contributed by atoms with Gasteiger partial charge in [0.1, 0.15) is 0 Å². The molecule has 1 aromatic rings. The Morgan fingerprint density at radius 2 is 1.81 bits per heavy atom. The molecule has 2 aliphatic rings. The van der Waals surface area contributed by atoms with Crippen LogP contribution >= 0.6 is 0 Å². The molecule has 0 bridgehead atoms. The summed E-state index contributed by atoms with van der Waals surface area (Å²) in [5, 5.41) is 0. The van der Waals surface area contributed by atoms with Crippen LogP contribution in [-0.4, -0.2) is 66.6 Å². The zero-order valence-electron chi connectivity index (χ0n) is 14.7. The summed E-state index contributed by atoms with van der Waals surface area (Å²) >= 11 is 0. The second-order valence-corrected chi connectivity index (χ2v) is 8.88. The first kappa shape index (κ1) is 18.6. The van der Waals surface area contributed by atoms with Gasteiger partial charge in [0.05, 0.1) is 22.6 Å². The number of benzene rings is 1. The van der Waals surface area contributed by atoms with Crippen LogP contribution in [0.25, 0.3) is 0 Å². The summed E-state index contributed by atoms with van der Waals surface area (Å²) in [5.74, 6) is -0.646. The predicted molar refractivity (Wildman–Crippen MR) is 95.5 cm³/mol. The third kappa shape index (κ3) is 3.51. The van der Waals surface area contributed by atoms with Crippen molar-refractivity contribution in [2.24, 2.45) is 0 Å². The van der Waals surface area contributed by atoms with E-state index < -0.39 is 9.84 Å². The number of amides is 3. The van der Waals surface area contributed by atoms with Gasteiger partial charge in [0, 0.05) is 25.6 Å². The lowest BCUT2D eigenvalue weighted by atomic mass is 10.1. The Morgan fingerprint density at radius 1 is 1.19 bits per heavy atom. The lowest BCUT2D eigenvalue weighted by Crippen LogP contribution is -2.41. The number of hydrogen-bond acceptors (Lipinski definition) is 5. The average Bonchev–Trinajstić information content (AvgIpc) is 3.08. The van der Waals surface area contributed by atoms with E-state index in [0.717, 1.165) is 0 Å². The maximum Gasteiger partial charge on any atom is 0.261 e. The van der Waals surface area contributed by atoms with Crippen LogP contribution in [0.5, 0.6) is 0 Å². The summed E-state index contributed by atoms with van der Waals surface area (Å²) in [6.45, 7) is 2.46. The van der Waals surface area contributed by atoms with Crippen LogP contribution in [0.15, 0.2) is 24.3 Å². The highest BCUT2D eigenvalue weighted by molar-refractivity contribution is 7.91.